The minimum atomic E-state index is 0. The summed E-state index contributed by atoms with van der Waals surface area (Å²) in [5.74, 6) is 6.41. The molecule has 5 radical (unpaired) electrons. The van der Waals surface area contributed by atoms with E-state index in [1.54, 1.807) is 11.8 Å². The first-order valence-corrected chi connectivity index (χ1v) is 6.38. The van der Waals surface area contributed by atoms with Crippen molar-refractivity contribution in [2.24, 2.45) is 0 Å². The number of aliphatic hydroxyl groups is 3. The molecule has 3 nitrogen and oxygen atoms in total. The van der Waals surface area contributed by atoms with Crippen LogP contribution in [0.15, 0.2) is 0 Å². The van der Waals surface area contributed by atoms with Crippen molar-refractivity contribution < 1.29 is 37.0 Å². The van der Waals surface area contributed by atoms with Gasteiger partial charge < -0.3 is 15.3 Å². The fraction of sp³-hybridized carbons (Fsp3) is 0.667. The van der Waals surface area contributed by atoms with Gasteiger partial charge in [0.2, 0.25) is 0 Å². The fourth-order valence-electron chi connectivity index (χ4n) is 2.45. The number of fused-ring (bicyclic) bond motifs is 1. The second-order valence-corrected chi connectivity index (χ2v) is 4.03. The third-order valence-electron chi connectivity index (χ3n) is 3.10. The van der Waals surface area contributed by atoms with E-state index >= 15 is 0 Å². The van der Waals surface area contributed by atoms with Gasteiger partial charge in [-0.25, -0.2) is 0 Å². The summed E-state index contributed by atoms with van der Waals surface area (Å²) in [4.78, 5) is 0. The van der Waals surface area contributed by atoms with Crippen LogP contribution in [0.4, 0.5) is 0 Å². The Hall–Kier alpha value is 0.594. The summed E-state index contributed by atoms with van der Waals surface area (Å²) in [7, 11) is 3.00. The number of hydrogen-bond acceptors (Lipinski definition) is 3. The van der Waals surface area contributed by atoms with E-state index in [2.05, 4.69) is 20.3 Å². The summed E-state index contributed by atoms with van der Waals surface area (Å²) in [5, 5.41) is 21.0. The third-order valence-corrected chi connectivity index (χ3v) is 3.10. The van der Waals surface area contributed by atoms with Gasteiger partial charge in [-0.1, -0.05) is 33.1 Å². The summed E-state index contributed by atoms with van der Waals surface area (Å²) < 4.78 is 0. The van der Waals surface area contributed by atoms with Crippen LogP contribution in [0, 0.1) is 30.1 Å². The maximum absolute atomic E-state index is 7.00. The topological polar surface area (TPSA) is 60.7 Å². The molecule has 2 fully saturated rings. The molecule has 2 aliphatic rings. The van der Waals surface area contributed by atoms with Crippen molar-refractivity contribution >= 4 is 0 Å². The molecular formula is C15H29O3Ti. The van der Waals surface area contributed by atoms with Gasteiger partial charge in [-0.2, -0.15) is 0 Å². The van der Waals surface area contributed by atoms with Crippen molar-refractivity contribution in [2.75, 3.05) is 21.3 Å². The Bertz CT molecular complexity index is 151. The Labute approximate surface area is 134 Å². The normalized spacial score (nSPS) is 20.2. The Kier molecular flexibility index (Phi) is 21.6. The second kappa shape index (κ2) is 16.6. The molecule has 2 saturated carbocycles. The van der Waals surface area contributed by atoms with Crippen molar-refractivity contribution in [1.82, 2.24) is 0 Å². The molecule has 19 heavy (non-hydrogen) atoms. The summed E-state index contributed by atoms with van der Waals surface area (Å²) >= 11 is 0. The van der Waals surface area contributed by atoms with E-state index in [-0.39, 0.29) is 21.7 Å². The second-order valence-electron chi connectivity index (χ2n) is 4.03. The van der Waals surface area contributed by atoms with E-state index in [0.29, 0.717) is 0 Å². The van der Waals surface area contributed by atoms with Crippen molar-refractivity contribution in [3.8, 4) is 0 Å². The smallest absolute Gasteiger partial charge is 0.0319 e. The third kappa shape index (κ3) is 8.47. The molecule has 0 aliphatic heterocycles. The molecule has 0 amide bonds. The van der Waals surface area contributed by atoms with Crippen molar-refractivity contribution in [1.29, 1.82) is 0 Å². The molecule has 0 aromatic heterocycles. The summed E-state index contributed by atoms with van der Waals surface area (Å²) in [6.07, 6.45) is 9.24. The van der Waals surface area contributed by atoms with Crippen LogP contribution < -0.4 is 0 Å². The van der Waals surface area contributed by atoms with Crippen molar-refractivity contribution in [3.05, 3.63) is 30.1 Å². The maximum atomic E-state index is 7.00. The van der Waals surface area contributed by atoms with Crippen LogP contribution in [0.2, 0.25) is 0 Å². The molecular weight excluding hydrogens is 276 g/mol. The van der Waals surface area contributed by atoms with Gasteiger partial charge in [-0.05, 0) is 42.9 Å². The molecule has 0 bridgehead atoms. The SMILES string of the molecule is CO.CO.CO.C[C]1[CH][C](C)[C]2CCCCC[C]12.[Ti]. The van der Waals surface area contributed by atoms with Crippen molar-refractivity contribution in [3.63, 3.8) is 0 Å². The number of hydrogen-bond donors (Lipinski definition) is 3. The average Bonchev–Trinajstić information content (AvgIpc) is 2.65. The molecule has 111 valence electrons. The van der Waals surface area contributed by atoms with Crippen LogP contribution in [0.25, 0.3) is 0 Å². The summed E-state index contributed by atoms with van der Waals surface area (Å²) in [6, 6.07) is 0. The Balaban J connectivity index is -0.000000325. The van der Waals surface area contributed by atoms with Gasteiger partial charge >= 0.3 is 0 Å². The Morgan fingerprint density at radius 2 is 1.00 bits per heavy atom. The standard InChI is InChI=1S/C12H17.3CH4O.Ti/c1-9-8-10(2)12-7-5-3-4-6-11(9)12;3*1-2;/h8H,3-7H2,1-2H3;3*2H,1H3;. The average molecular weight is 305 g/mol. The molecule has 2 aliphatic carbocycles. The minimum absolute atomic E-state index is 0. The molecule has 0 atom stereocenters. The minimum Gasteiger partial charge on any atom is -0.400 e. The summed E-state index contributed by atoms with van der Waals surface area (Å²) in [5.41, 5.74) is 0. The maximum Gasteiger partial charge on any atom is 0.0319 e. The van der Waals surface area contributed by atoms with E-state index in [1.807, 2.05) is 0 Å². The molecule has 4 heteroatoms. The largest absolute Gasteiger partial charge is 0.400 e. The van der Waals surface area contributed by atoms with E-state index in [4.69, 9.17) is 15.3 Å². The van der Waals surface area contributed by atoms with Crippen LogP contribution in [0.5, 0.6) is 0 Å². The number of aliphatic hydroxyl groups excluding tert-OH is 3. The van der Waals surface area contributed by atoms with Gasteiger partial charge in [0.15, 0.2) is 0 Å². The first kappa shape index (κ1) is 24.6. The van der Waals surface area contributed by atoms with E-state index in [1.165, 1.54) is 43.9 Å². The van der Waals surface area contributed by atoms with Crippen LogP contribution in [-0.4, -0.2) is 36.6 Å². The van der Waals surface area contributed by atoms with Crippen LogP contribution in [0.3, 0.4) is 0 Å². The van der Waals surface area contributed by atoms with Crippen LogP contribution >= 0.6 is 0 Å². The fourth-order valence-corrected chi connectivity index (χ4v) is 2.45. The van der Waals surface area contributed by atoms with Gasteiger partial charge in [-0.3, -0.25) is 0 Å². The van der Waals surface area contributed by atoms with Crippen LogP contribution in [-0.2, 0) is 21.7 Å². The molecule has 3 N–H and O–H groups in total. The van der Waals surface area contributed by atoms with E-state index < -0.39 is 0 Å². The molecule has 2 rings (SSSR count). The van der Waals surface area contributed by atoms with Gasteiger partial charge in [-0.15, -0.1) is 0 Å². The molecule has 0 heterocycles. The molecule has 0 aromatic carbocycles. The predicted octanol–water partition coefficient (Wildman–Crippen LogP) is 2.33. The van der Waals surface area contributed by atoms with Gasteiger partial charge in [0.05, 0.1) is 0 Å². The predicted molar refractivity (Wildman–Crippen MR) is 76.1 cm³/mol. The van der Waals surface area contributed by atoms with Crippen molar-refractivity contribution in [2.45, 2.75) is 46.0 Å². The zero-order valence-corrected chi connectivity index (χ0v) is 14.5. The van der Waals surface area contributed by atoms with E-state index in [0.717, 1.165) is 21.3 Å². The van der Waals surface area contributed by atoms with Gasteiger partial charge in [0.1, 0.15) is 0 Å². The van der Waals surface area contributed by atoms with Crippen LogP contribution in [0.1, 0.15) is 46.0 Å². The molecule has 0 spiro atoms. The first-order chi connectivity index (χ1) is 8.79. The molecule has 0 saturated heterocycles. The molecule has 0 aromatic rings. The number of rotatable bonds is 0. The molecule has 0 unspecified atom stereocenters. The van der Waals surface area contributed by atoms with Gasteiger partial charge in [0.25, 0.3) is 0 Å². The summed E-state index contributed by atoms with van der Waals surface area (Å²) in [6.45, 7) is 4.52. The zero-order valence-electron chi connectivity index (χ0n) is 13.0. The zero-order chi connectivity index (χ0) is 14.6. The first-order valence-electron chi connectivity index (χ1n) is 6.38. The Morgan fingerprint density at radius 1 is 0.684 bits per heavy atom. The van der Waals surface area contributed by atoms with E-state index in [9.17, 15) is 0 Å². The van der Waals surface area contributed by atoms with Gasteiger partial charge in [0, 0.05) is 43.0 Å². The monoisotopic (exact) mass is 305 g/mol. The quantitative estimate of drug-likeness (QED) is 0.602. The Morgan fingerprint density at radius 3 is 1.32 bits per heavy atom.